The Kier molecular flexibility index (Phi) is 2.38. The summed E-state index contributed by atoms with van der Waals surface area (Å²) >= 11 is 0. The van der Waals surface area contributed by atoms with Gasteiger partial charge in [0.15, 0.2) is 5.82 Å². The van der Waals surface area contributed by atoms with Crippen molar-refractivity contribution in [2.75, 3.05) is 0 Å². The number of halogens is 1. The number of pyridine rings is 1. The maximum absolute atomic E-state index is 12.7. The molecule has 4 nitrogen and oxygen atoms in total. The van der Waals surface area contributed by atoms with E-state index in [-0.39, 0.29) is 11.0 Å². The van der Waals surface area contributed by atoms with Crippen LogP contribution in [0.15, 0.2) is 12.4 Å². The Morgan fingerprint density at radius 3 is 2.58 bits per heavy atom. The van der Waals surface area contributed by atoms with Gasteiger partial charge in [-0.3, -0.25) is 4.98 Å². The lowest BCUT2D eigenvalue weighted by atomic mass is 9.78. The van der Waals surface area contributed by atoms with Crippen LogP contribution in [0.4, 0.5) is 4.39 Å². The molecule has 0 radical (unpaired) electrons. The van der Waals surface area contributed by atoms with Crippen LogP contribution in [0.25, 0.3) is 0 Å². The minimum atomic E-state index is -1.87. The number of nitriles is 1. The third-order valence-corrected chi connectivity index (χ3v) is 1.32. The van der Waals surface area contributed by atoms with Crippen LogP contribution in [0, 0.1) is 17.1 Å². The van der Waals surface area contributed by atoms with Gasteiger partial charge in [-0.25, -0.2) is 4.39 Å². The maximum atomic E-state index is 12.7. The topological polar surface area (TPSA) is 77.1 Å². The van der Waals surface area contributed by atoms with E-state index in [1.54, 1.807) is 0 Å². The highest BCUT2D eigenvalue weighted by Gasteiger charge is 2.18. The molecule has 0 unspecified atom stereocenters. The van der Waals surface area contributed by atoms with Crippen molar-refractivity contribution in [3.8, 4) is 6.07 Å². The zero-order valence-electron chi connectivity index (χ0n) is 5.90. The van der Waals surface area contributed by atoms with Gasteiger partial charge in [-0.2, -0.15) is 5.26 Å². The van der Waals surface area contributed by atoms with Gasteiger partial charge in [0, 0.05) is 11.7 Å². The van der Waals surface area contributed by atoms with Gasteiger partial charge in [-0.15, -0.1) is 0 Å². The Morgan fingerprint density at radius 1 is 1.50 bits per heavy atom. The third-order valence-electron chi connectivity index (χ3n) is 1.32. The number of hydrogen-bond donors (Lipinski definition) is 2. The van der Waals surface area contributed by atoms with E-state index in [4.69, 9.17) is 15.3 Å². The molecule has 12 heavy (non-hydrogen) atoms. The summed E-state index contributed by atoms with van der Waals surface area (Å²) in [6.07, 6.45) is 1.87. The molecule has 0 aliphatic heterocycles. The Bertz CT molecular complexity index is 337. The molecule has 6 heteroatoms. The van der Waals surface area contributed by atoms with Gasteiger partial charge in [0.1, 0.15) is 6.07 Å². The summed E-state index contributed by atoms with van der Waals surface area (Å²) in [5.41, 5.74) is -0.613. The van der Waals surface area contributed by atoms with E-state index < -0.39 is 12.9 Å². The summed E-state index contributed by atoms with van der Waals surface area (Å²) in [6, 6.07) is 1.51. The van der Waals surface area contributed by atoms with Crippen LogP contribution in [0.1, 0.15) is 5.56 Å². The van der Waals surface area contributed by atoms with Crippen molar-refractivity contribution in [1.82, 2.24) is 4.98 Å². The van der Waals surface area contributed by atoms with Gasteiger partial charge < -0.3 is 10.0 Å². The number of hydrogen-bond acceptors (Lipinski definition) is 4. The Hall–Kier alpha value is -1.45. The zero-order valence-corrected chi connectivity index (χ0v) is 5.90. The normalized spacial score (nSPS) is 9.17. The standard InChI is InChI=1S/C6H4BFN2O2/c8-6-3-10-2-5(7(11)12)4(6)1-9/h2-3,11-12H. The predicted molar refractivity (Wildman–Crippen MR) is 38.7 cm³/mol. The van der Waals surface area contributed by atoms with E-state index in [2.05, 4.69) is 4.98 Å². The van der Waals surface area contributed by atoms with E-state index in [0.29, 0.717) is 0 Å². The molecule has 0 amide bonds. The van der Waals surface area contributed by atoms with E-state index in [1.165, 1.54) is 6.07 Å². The highest BCUT2D eigenvalue weighted by atomic mass is 19.1. The first kappa shape index (κ1) is 8.65. The smallest absolute Gasteiger partial charge is 0.423 e. The first-order valence-corrected chi connectivity index (χ1v) is 3.06. The minimum Gasteiger partial charge on any atom is -0.423 e. The first-order valence-electron chi connectivity index (χ1n) is 3.06. The van der Waals surface area contributed by atoms with E-state index in [9.17, 15) is 4.39 Å². The average Bonchev–Trinajstić information content (AvgIpc) is 2.03. The minimum absolute atomic E-state index is 0.225. The molecule has 60 valence electrons. The molecule has 1 heterocycles. The monoisotopic (exact) mass is 166 g/mol. The molecule has 0 fully saturated rings. The number of nitrogens with zero attached hydrogens (tertiary/aromatic N) is 2. The predicted octanol–water partition coefficient (Wildman–Crippen LogP) is -1.23. The number of rotatable bonds is 1. The molecule has 0 saturated carbocycles. The van der Waals surface area contributed by atoms with Crippen molar-refractivity contribution >= 4 is 12.6 Å². The van der Waals surface area contributed by atoms with Crippen LogP contribution >= 0.6 is 0 Å². The van der Waals surface area contributed by atoms with Crippen LogP contribution in [-0.2, 0) is 0 Å². The van der Waals surface area contributed by atoms with E-state index >= 15 is 0 Å². The molecular weight excluding hydrogens is 162 g/mol. The lowest BCUT2D eigenvalue weighted by molar-refractivity contribution is 0.425. The molecule has 0 spiro atoms. The van der Waals surface area contributed by atoms with Crippen LogP contribution in [-0.4, -0.2) is 22.2 Å². The molecule has 0 saturated heterocycles. The Labute approximate surface area is 68.1 Å². The van der Waals surface area contributed by atoms with Crippen LogP contribution < -0.4 is 5.46 Å². The molecule has 0 aromatic carbocycles. The molecule has 0 aliphatic rings. The summed E-state index contributed by atoms with van der Waals surface area (Å²) in [5, 5.41) is 25.7. The van der Waals surface area contributed by atoms with Gasteiger partial charge >= 0.3 is 7.12 Å². The van der Waals surface area contributed by atoms with Gasteiger partial charge in [-0.1, -0.05) is 0 Å². The molecule has 2 N–H and O–H groups in total. The van der Waals surface area contributed by atoms with Crippen molar-refractivity contribution in [2.24, 2.45) is 0 Å². The molecule has 0 atom stereocenters. The largest absolute Gasteiger partial charge is 0.491 e. The molecule has 0 bridgehead atoms. The second-order valence-corrected chi connectivity index (χ2v) is 2.07. The second kappa shape index (κ2) is 3.30. The van der Waals surface area contributed by atoms with E-state index in [0.717, 1.165) is 12.4 Å². The fourth-order valence-corrected chi connectivity index (χ4v) is 0.764. The lowest BCUT2D eigenvalue weighted by Gasteiger charge is -2.00. The Balaban J connectivity index is 3.30. The SMILES string of the molecule is N#Cc1c(F)cncc1B(O)O. The van der Waals surface area contributed by atoms with Crippen molar-refractivity contribution in [2.45, 2.75) is 0 Å². The molecule has 1 aromatic rings. The summed E-state index contributed by atoms with van der Waals surface area (Å²) in [5.74, 6) is -0.858. The summed E-state index contributed by atoms with van der Waals surface area (Å²) < 4.78 is 12.7. The van der Waals surface area contributed by atoms with Gasteiger partial charge in [0.25, 0.3) is 0 Å². The van der Waals surface area contributed by atoms with Crippen molar-refractivity contribution in [3.63, 3.8) is 0 Å². The number of aromatic nitrogens is 1. The van der Waals surface area contributed by atoms with Gasteiger partial charge in [0.2, 0.25) is 0 Å². The quantitative estimate of drug-likeness (QED) is 0.512. The van der Waals surface area contributed by atoms with Crippen LogP contribution in [0.3, 0.4) is 0 Å². The summed E-state index contributed by atoms with van der Waals surface area (Å²) in [6.45, 7) is 0. The fourth-order valence-electron chi connectivity index (χ4n) is 0.764. The fraction of sp³-hybridized carbons (Fsp3) is 0. The van der Waals surface area contributed by atoms with Gasteiger partial charge in [0.05, 0.1) is 11.8 Å². The first-order chi connectivity index (χ1) is 5.66. The maximum Gasteiger partial charge on any atom is 0.491 e. The van der Waals surface area contributed by atoms with Crippen molar-refractivity contribution in [3.05, 3.63) is 23.8 Å². The van der Waals surface area contributed by atoms with Gasteiger partial charge in [-0.05, 0) is 0 Å². The summed E-state index contributed by atoms with van der Waals surface area (Å²) in [7, 11) is -1.87. The highest BCUT2D eigenvalue weighted by molar-refractivity contribution is 6.59. The van der Waals surface area contributed by atoms with Crippen molar-refractivity contribution in [1.29, 1.82) is 5.26 Å². The average molecular weight is 166 g/mol. The molecule has 0 aliphatic carbocycles. The van der Waals surface area contributed by atoms with Crippen molar-refractivity contribution < 1.29 is 14.4 Å². The zero-order chi connectivity index (χ0) is 9.14. The lowest BCUT2D eigenvalue weighted by Crippen LogP contribution is -2.33. The van der Waals surface area contributed by atoms with Crippen LogP contribution in [0.5, 0.6) is 0 Å². The summed E-state index contributed by atoms with van der Waals surface area (Å²) in [4.78, 5) is 3.37. The second-order valence-electron chi connectivity index (χ2n) is 2.07. The Morgan fingerprint density at radius 2 is 2.17 bits per heavy atom. The van der Waals surface area contributed by atoms with E-state index in [1.807, 2.05) is 0 Å². The third kappa shape index (κ3) is 1.42. The molecule has 1 aromatic heterocycles. The highest BCUT2D eigenvalue weighted by Crippen LogP contribution is 2.00. The molecular formula is C6H4BFN2O2. The molecule has 1 rings (SSSR count). The van der Waals surface area contributed by atoms with Crippen LogP contribution in [0.2, 0.25) is 0 Å².